The van der Waals surface area contributed by atoms with Crippen molar-refractivity contribution in [3.63, 3.8) is 0 Å². The molecule has 0 aliphatic carbocycles. The molecule has 5 nitrogen and oxygen atoms in total. The SMILES string of the molecule is C#CCN(CC(=O)O)c1ccc(Cl)cc1C(N)=O. The van der Waals surface area contributed by atoms with Crippen molar-refractivity contribution in [3.8, 4) is 12.3 Å². The van der Waals surface area contributed by atoms with Crippen LogP contribution in [0.2, 0.25) is 5.02 Å². The summed E-state index contributed by atoms with van der Waals surface area (Å²) < 4.78 is 0. The molecule has 18 heavy (non-hydrogen) atoms. The lowest BCUT2D eigenvalue weighted by atomic mass is 10.1. The number of primary amides is 1. The van der Waals surface area contributed by atoms with E-state index in [1.165, 1.54) is 23.1 Å². The second-order valence-electron chi connectivity index (χ2n) is 3.48. The van der Waals surface area contributed by atoms with E-state index in [9.17, 15) is 9.59 Å². The zero-order valence-electron chi connectivity index (χ0n) is 9.39. The van der Waals surface area contributed by atoms with Gasteiger partial charge in [0.2, 0.25) is 0 Å². The number of rotatable bonds is 5. The lowest BCUT2D eigenvalue weighted by Gasteiger charge is -2.22. The van der Waals surface area contributed by atoms with Gasteiger partial charge in [-0.25, -0.2) is 0 Å². The maximum absolute atomic E-state index is 11.3. The van der Waals surface area contributed by atoms with E-state index in [1.807, 2.05) is 0 Å². The Morgan fingerprint density at radius 3 is 2.67 bits per heavy atom. The van der Waals surface area contributed by atoms with Crippen molar-refractivity contribution in [1.82, 2.24) is 0 Å². The number of terminal acetylenes is 1. The van der Waals surface area contributed by atoms with Gasteiger partial charge in [0, 0.05) is 5.02 Å². The monoisotopic (exact) mass is 266 g/mol. The van der Waals surface area contributed by atoms with Crippen molar-refractivity contribution in [2.24, 2.45) is 5.73 Å². The summed E-state index contributed by atoms with van der Waals surface area (Å²) in [5.41, 5.74) is 5.72. The number of carboxylic acids is 1. The maximum atomic E-state index is 11.3. The highest BCUT2D eigenvalue weighted by Gasteiger charge is 2.16. The molecule has 0 fully saturated rings. The van der Waals surface area contributed by atoms with Crippen LogP contribution in [0.4, 0.5) is 5.69 Å². The van der Waals surface area contributed by atoms with E-state index in [4.69, 9.17) is 28.9 Å². The Labute approximate surface area is 109 Å². The van der Waals surface area contributed by atoms with Crippen LogP contribution in [-0.2, 0) is 4.79 Å². The molecular weight excluding hydrogens is 256 g/mol. The number of benzene rings is 1. The standard InChI is InChI=1S/C12H11ClN2O3/c1-2-5-15(7-11(16)17)10-4-3-8(13)6-9(10)12(14)18/h1,3-4,6H,5,7H2,(H2,14,18)(H,16,17). The van der Waals surface area contributed by atoms with Gasteiger partial charge in [-0.2, -0.15) is 0 Å². The predicted molar refractivity (Wildman–Crippen MR) is 68.7 cm³/mol. The first-order chi connectivity index (χ1) is 8.45. The van der Waals surface area contributed by atoms with Gasteiger partial charge in [-0.15, -0.1) is 6.42 Å². The summed E-state index contributed by atoms with van der Waals surface area (Å²) in [5.74, 6) is 0.576. The molecule has 0 atom stereocenters. The molecule has 0 heterocycles. The van der Waals surface area contributed by atoms with Crippen molar-refractivity contribution >= 4 is 29.2 Å². The Bertz CT molecular complexity index is 523. The van der Waals surface area contributed by atoms with Crippen molar-refractivity contribution in [2.75, 3.05) is 18.0 Å². The van der Waals surface area contributed by atoms with Gasteiger partial charge in [0.15, 0.2) is 0 Å². The molecule has 6 heteroatoms. The van der Waals surface area contributed by atoms with E-state index in [2.05, 4.69) is 5.92 Å². The number of nitrogens with two attached hydrogens (primary N) is 1. The minimum Gasteiger partial charge on any atom is -0.480 e. The smallest absolute Gasteiger partial charge is 0.323 e. The predicted octanol–water partition coefficient (Wildman–Crippen LogP) is 0.963. The summed E-state index contributed by atoms with van der Waals surface area (Å²) in [6.45, 7) is -0.277. The largest absolute Gasteiger partial charge is 0.480 e. The van der Waals surface area contributed by atoms with Gasteiger partial charge in [-0.1, -0.05) is 17.5 Å². The first-order valence-electron chi connectivity index (χ1n) is 4.95. The van der Waals surface area contributed by atoms with Gasteiger partial charge < -0.3 is 15.7 Å². The summed E-state index contributed by atoms with van der Waals surface area (Å²) in [7, 11) is 0. The Kier molecular flexibility index (Phi) is 4.58. The topological polar surface area (TPSA) is 83.6 Å². The second kappa shape index (κ2) is 5.94. The third kappa shape index (κ3) is 3.40. The Balaban J connectivity index is 3.22. The average molecular weight is 267 g/mol. The van der Waals surface area contributed by atoms with Crippen LogP contribution < -0.4 is 10.6 Å². The van der Waals surface area contributed by atoms with Gasteiger partial charge in [0.25, 0.3) is 5.91 Å². The average Bonchev–Trinajstić information content (AvgIpc) is 2.27. The summed E-state index contributed by atoms with van der Waals surface area (Å²) in [6, 6.07) is 4.43. The third-order valence-electron chi connectivity index (χ3n) is 2.17. The number of nitrogens with zero attached hydrogens (tertiary/aromatic N) is 1. The summed E-state index contributed by atoms with van der Waals surface area (Å²) in [5, 5.41) is 9.14. The van der Waals surface area contributed by atoms with Crippen molar-refractivity contribution in [3.05, 3.63) is 28.8 Å². The lowest BCUT2D eigenvalue weighted by molar-refractivity contribution is -0.135. The fraction of sp³-hybridized carbons (Fsp3) is 0.167. The van der Waals surface area contributed by atoms with Crippen LogP contribution >= 0.6 is 11.6 Å². The first-order valence-corrected chi connectivity index (χ1v) is 5.33. The first kappa shape index (κ1) is 13.9. The van der Waals surface area contributed by atoms with E-state index >= 15 is 0 Å². The van der Waals surface area contributed by atoms with Crippen LogP contribution in [0.1, 0.15) is 10.4 Å². The van der Waals surface area contributed by atoms with Gasteiger partial charge >= 0.3 is 5.97 Å². The number of halogens is 1. The maximum Gasteiger partial charge on any atom is 0.323 e. The van der Waals surface area contributed by atoms with E-state index in [1.54, 1.807) is 0 Å². The molecular formula is C12H11ClN2O3. The minimum atomic E-state index is -1.06. The molecule has 0 aliphatic rings. The fourth-order valence-electron chi connectivity index (χ4n) is 1.48. The van der Waals surface area contributed by atoms with Crippen LogP contribution in [0.15, 0.2) is 18.2 Å². The van der Waals surface area contributed by atoms with Gasteiger partial charge in [-0.3, -0.25) is 9.59 Å². The Morgan fingerprint density at radius 2 is 2.17 bits per heavy atom. The molecule has 0 radical (unpaired) electrons. The molecule has 3 N–H and O–H groups in total. The van der Waals surface area contributed by atoms with Crippen molar-refractivity contribution in [1.29, 1.82) is 0 Å². The van der Waals surface area contributed by atoms with Crippen molar-refractivity contribution < 1.29 is 14.7 Å². The minimum absolute atomic E-state index is 0.0498. The molecule has 0 aromatic heterocycles. The van der Waals surface area contributed by atoms with Crippen LogP contribution in [0, 0.1) is 12.3 Å². The number of aliphatic carboxylic acids is 1. The molecule has 1 aromatic carbocycles. The van der Waals surface area contributed by atoms with E-state index in [-0.39, 0.29) is 18.7 Å². The number of amides is 1. The van der Waals surface area contributed by atoms with Crippen LogP contribution in [0.5, 0.6) is 0 Å². The highest BCUT2D eigenvalue weighted by molar-refractivity contribution is 6.31. The number of carbonyl (C=O) groups is 2. The molecule has 0 unspecified atom stereocenters. The van der Waals surface area contributed by atoms with E-state index in [0.29, 0.717) is 10.7 Å². The molecule has 0 bridgehead atoms. The normalized spacial score (nSPS) is 9.56. The number of carboxylic acid groups (broad SMARTS) is 1. The number of hydrogen-bond acceptors (Lipinski definition) is 3. The third-order valence-corrected chi connectivity index (χ3v) is 2.41. The van der Waals surface area contributed by atoms with Gasteiger partial charge in [0.05, 0.1) is 17.8 Å². The summed E-state index contributed by atoms with van der Waals surface area (Å²) >= 11 is 5.77. The summed E-state index contributed by atoms with van der Waals surface area (Å²) in [4.78, 5) is 23.4. The highest BCUT2D eigenvalue weighted by Crippen LogP contribution is 2.23. The molecule has 1 amide bonds. The molecule has 94 valence electrons. The zero-order valence-corrected chi connectivity index (χ0v) is 10.1. The molecule has 1 rings (SSSR count). The van der Waals surface area contributed by atoms with Crippen LogP contribution in [0.25, 0.3) is 0 Å². The van der Waals surface area contributed by atoms with E-state index < -0.39 is 11.9 Å². The molecule has 0 saturated carbocycles. The molecule has 0 saturated heterocycles. The second-order valence-corrected chi connectivity index (χ2v) is 3.92. The number of carbonyl (C=O) groups excluding carboxylic acids is 1. The van der Waals surface area contributed by atoms with Gasteiger partial charge in [0.1, 0.15) is 6.54 Å². The summed E-state index contributed by atoms with van der Waals surface area (Å²) in [6.07, 6.45) is 5.17. The molecule has 0 aliphatic heterocycles. The number of hydrogen-bond donors (Lipinski definition) is 2. The zero-order chi connectivity index (χ0) is 13.7. The quantitative estimate of drug-likeness (QED) is 0.778. The lowest BCUT2D eigenvalue weighted by Crippen LogP contribution is -2.32. The molecule has 1 aromatic rings. The van der Waals surface area contributed by atoms with Gasteiger partial charge in [-0.05, 0) is 18.2 Å². The Morgan fingerprint density at radius 1 is 1.50 bits per heavy atom. The van der Waals surface area contributed by atoms with E-state index in [0.717, 1.165) is 0 Å². The van der Waals surface area contributed by atoms with Crippen LogP contribution in [0.3, 0.4) is 0 Å². The highest BCUT2D eigenvalue weighted by atomic mass is 35.5. The number of anilines is 1. The van der Waals surface area contributed by atoms with Crippen LogP contribution in [-0.4, -0.2) is 30.1 Å². The fourth-order valence-corrected chi connectivity index (χ4v) is 1.65. The van der Waals surface area contributed by atoms with Crippen molar-refractivity contribution in [2.45, 2.75) is 0 Å². The molecule has 0 spiro atoms. The Hall–Kier alpha value is -2.19.